The van der Waals surface area contributed by atoms with Crippen molar-refractivity contribution in [1.82, 2.24) is 4.90 Å². The second kappa shape index (κ2) is 5.70. The highest BCUT2D eigenvalue weighted by Crippen LogP contribution is 2.20. The zero-order valence-corrected chi connectivity index (χ0v) is 12.3. The van der Waals surface area contributed by atoms with Crippen molar-refractivity contribution in [2.75, 3.05) is 18.4 Å². The minimum atomic E-state index is 0.747. The quantitative estimate of drug-likeness (QED) is 0.776. The van der Waals surface area contributed by atoms with Crippen LogP contribution in [0.2, 0.25) is 0 Å². The number of nitrogens with one attached hydrogen (secondary N) is 1. The zero-order chi connectivity index (χ0) is 13.1. The highest BCUT2D eigenvalue weighted by molar-refractivity contribution is 7.80. The monoisotopic (exact) mass is 262 g/mol. The van der Waals surface area contributed by atoms with Crippen molar-refractivity contribution in [3.63, 3.8) is 0 Å². The van der Waals surface area contributed by atoms with E-state index in [1.807, 2.05) is 0 Å². The summed E-state index contributed by atoms with van der Waals surface area (Å²) in [6.07, 6.45) is 2.57. The molecule has 18 heavy (non-hydrogen) atoms. The third-order valence-corrected chi connectivity index (χ3v) is 3.94. The van der Waals surface area contributed by atoms with Crippen molar-refractivity contribution in [2.24, 2.45) is 5.92 Å². The Hall–Kier alpha value is -1.09. The van der Waals surface area contributed by atoms with E-state index in [9.17, 15) is 0 Å². The van der Waals surface area contributed by atoms with Crippen molar-refractivity contribution in [3.05, 3.63) is 29.3 Å². The van der Waals surface area contributed by atoms with Gasteiger partial charge in [-0.3, -0.25) is 0 Å². The third-order valence-electron chi connectivity index (χ3n) is 3.58. The fraction of sp³-hybridized carbons (Fsp3) is 0.533. The number of hydrogen-bond acceptors (Lipinski definition) is 1. The SMILES string of the molecule is Cc1ccc(C)c(NC(=S)N2CCC[C@@H](C)C2)c1. The lowest BCUT2D eigenvalue weighted by Crippen LogP contribution is -2.41. The molecule has 1 aliphatic rings. The molecule has 3 heteroatoms. The summed E-state index contributed by atoms with van der Waals surface area (Å²) in [6.45, 7) is 8.68. The van der Waals surface area contributed by atoms with Crippen molar-refractivity contribution >= 4 is 23.0 Å². The van der Waals surface area contributed by atoms with Gasteiger partial charge in [-0.2, -0.15) is 0 Å². The molecule has 2 rings (SSSR count). The van der Waals surface area contributed by atoms with Gasteiger partial charge < -0.3 is 10.2 Å². The van der Waals surface area contributed by atoms with Gasteiger partial charge in [-0.15, -0.1) is 0 Å². The Balaban J connectivity index is 2.04. The van der Waals surface area contributed by atoms with Crippen LogP contribution >= 0.6 is 12.2 Å². The molecular formula is C15H22N2S. The normalized spacial score (nSPS) is 19.7. The van der Waals surface area contributed by atoms with Gasteiger partial charge in [-0.25, -0.2) is 0 Å². The molecule has 1 fully saturated rings. The highest BCUT2D eigenvalue weighted by Gasteiger charge is 2.18. The molecular weight excluding hydrogens is 240 g/mol. The maximum atomic E-state index is 5.53. The average molecular weight is 262 g/mol. The van der Waals surface area contributed by atoms with Crippen LogP contribution in [0.25, 0.3) is 0 Å². The first kappa shape index (κ1) is 13.3. The molecule has 2 nitrogen and oxygen atoms in total. The fourth-order valence-corrected chi connectivity index (χ4v) is 2.71. The molecule has 1 aromatic rings. The van der Waals surface area contributed by atoms with Gasteiger partial charge in [0.2, 0.25) is 0 Å². The van der Waals surface area contributed by atoms with E-state index in [0.717, 1.165) is 29.8 Å². The lowest BCUT2D eigenvalue weighted by Gasteiger charge is -2.33. The first-order chi connectivity index (χ1) is 8.56. The Labute approximate surface area is 115 Å². The smallest absolute Gasteiger partial charge is 0.173 e. The Bertz CT molecular complexity index is 442. The Morgan fingerprint density at radius 1 is 1.39 bits per heavy atom. The standard InChI is InChI=1S/C15H22N2S/c1-11-6-7-13(3)14(9-11)16-15(18)17-8-4-5-12(2)10-17/h6-7,9,12H,4-5,8,10H2,1-3H3,(H,16,18)/t12-/m1/s1. The largest absolute Gasteiger partial charge is 0.349 e. The van der Waals surface area contributed by atoms with Crippen molar-refractivity contribution in [1.29, 1.82) is 0 Å². The number of nitrogens with zero attached hydrogens (tertiary/aromatic N) is 1. The van der Waals surface area contributed by atoms with Gasteiger partial charge in [0.25, 0.3) is 0 Å². The predicted octanol–water partition coefficient (Wildman–Crippen LogP) is 3.73. The van der Waals surface area contributed by atoms with Gasteiger partial charge in [0.1, 0.15) is 0 Å². The molecule has 1 aromatic carbocycles. The Kier molecular flexibility index (Phi) is 4.23. The number of anilines is 1. The van der Waals surface area contributed by atoms with Crippen LogP contribution < -0.4 is 5.32 Å². The molecule has 1 N–H and O–H groups in total. The van der Waals surface area contributed by atoms with Gasteiger partial charge in [0, 0.05) is 18.8 Å². The number of rotatable bonds is 1. The van der Waals surface area contributed by atoms with Crippen LogP contribution in [-0.4, -0.2) is 23.1 Å². The molecule has 98 valence electrons. The number of aryl methyl sites for hydroxylation is 2. The summed E-state index contributed by atoms with van der Waals surface area (Å²) < 4.78 is 0. The molecule has 0 amide bonds. The summed E-state index contributed by atoms with van der Waals surface area (Å²) in [7, 11) is 0. The minimum absolute atomic E-state index is 0.747. The van der Waals surface area contributed by atoms with Gasteiger partial charge in [0.15, 0.2) is 5.11 Å². The van der Waals surface area contributed by atoms with E-state index in [1.54, 1.807) is 0 Å². The van der Waals surface area contributed by atoms with Crippen LogP contribution in [0.5, 0.6) is 0 Å². The summed E-state index contributed by atoms with van der Waals surface area (Å²) in [6, 6.07) is 6.43. The van der Waals surface area contributed by atoms with Gasteiger partial charge >= 0.3 is 0 Å². The van der Waals surface area contributed by atoms with Crippen molar-refractivity contribution in [3.8, 4) is 0 Å². The Morgan fingerprint density at radius 2 is 2.17 bits per heavy atom. The summed E-state index contributed by atoms with van der Waals surface area (Å²) in [4.78, 5) is 2.30. The summed E-state index contributed by atoms with van der Waals surface area (Å²) in [5.74, 6) is 0.747. The van der Waals surface area contributed by atoms with Crippen LogP contribution in [0.3, 0.4) is 0 Å². The predicted molar refractivity (Wildman–Crippen MR) is 82.1 cm³/mol. The van der Waals surface area contributed by atoms with E-state index >= 15 is 0 Å². The molecule has 0 aliphatic carbocycles. The van der Waals surface area contributed by atoms with Crippen LogP contribution in [-0.2, 0) is 0 Å². The van der Waals surface area contributed by atoms with E-state index in [-0.39, 0.29) is 0 Å². The molecule has 0 radical (unpaired) electrons. The van der Waals surface area contributed by atoms with E-state index in [2.05, 4.69) is 49.2 Å². The maximum absolute atomic E-state index is 5.53. The third kappa shape index (κ3) is 3.22. The van der Waals surface area contributed by atoms with Gasteiger partial charge in [-0.05, 0) is 62.0 Å². The second-order valence-corrected chi connectivity index (χ2v) is 5.83. The molecule has 0 saturated carbocycles. The van der Waals surface area contributed by atoms with E-state index in [0.29, 0.717) is 0 Å². The minimum Gasteiger partial charge on any atom is -0.349 e. The lowest BCUT2D eigenvalue weighted by atomic mass is 10.0. The first-order valence-corrected chi connectivity index (χ1v) is 7.10. The fourth-order valence-electron chi connectivity index (χ4n) is 2.44. The number of hydrogen-bond donors (Lipinski definition) is 1. The first-order valence-electron chi connectivity index (χ1n) is 6.69. The number of benzene rings is 1. The van der Waals surface area contributed by atoms with Gasteiger partial charge in [-0.1, -0.05) is 19.1 Å². The summed E-state index contributed by atoms with van der Waals surface area (Å²) in [5, 5.41) is 4.27. The van der Waals surface area contributed by atoms with Crippen LogP contribution in [0.15, 0.2) is 18.2 Å². The van der Waals surface area contributed by atoms with Crippen LogP contribution in [0, 0.1) is 19.8 Å². The second-order valence-electron chi connectivity index (χ2n) is 5.44. The molecule has 0 aromatic heterocycles. The Morgan fingerprint density at radius 3 is 2.89 bits per heavy atom. The molecule has 1 aliphatic heterocycles. The van der Waals surface area contributed by atoms with Gasteiger partial charge in [0.05, 0.1) is 0 Å². The molecule has 0 spiro atoms. The van der Waals surface area contributed by atoms with Crippen molar-refractivity contribution < 1.29 is 0 Å². The lowest BCUT2D eigenvalue weighted by molar-refractivity contribution is 0.276. The van der Waals surface area contributed by atoms with Crippen LogP contribution in [0.4, 0.5) is 5.69 Å². The average Bonchev–Trinajstić information content (AvgIpc) is 2.34. The molecule has 0 bridgehead atoms. The summed E-state index contributed by atoms with van der Waals surface area (Å²) >= 11 is 5.53. The van der Waals surface area contributed by atoms with E-state index in [1.165, 1.54) is 24.0 Å². The molecule has 1 heterocycles. The molecule has 0 unspecified atom stereocenters. The van der Waals surface area contributed by atoms with Crippen molar-refractivity contribution in [2.45, 2.75) is 33.6 Å². The number of piperidine rings is 1. The van der Waals surface area contributed by atoms with Crippen LogP contribution in [0.1, 0.15) is 30.9 Å². The zero-order valence-electron chi connectivity index (χ0n) is 11.5. The molecule has 1 atom stereocenters. The maximum Gasteiger partial charge on any atom is 0.173 e. The molecule has 1 saturated heterocycles. The van der Waals surface area contributed by atoms with E-state index in [4.69, 9.17) is 12.2 Å². The number of likely N-dealkylation sites (tertiary alicyclic amines) is 1. The van der Waals surface area contributed by atoms with E-state index < -0.39 is 0 Å². The topological polar surface area (TPSA) is 15.3 Å². The number of thiocarbonyl (C=S) groups is 1. The summed E-state index contributed by atoms with van der Waals surface area (Å²) in [5.41, 5.74) is 3.64. The highest BCUT2D eigenvalue weighted by atomic mass is 32.1.